The van der Waals surface area contributed by atoms with Gasteiger partial charge in [-0.3, -0.25) is 4.57 Å². The van der Waals surface area contributed by atoms with Crippen molar-refractivity contribution in [2.45, 2.75) is 25.6 Å². The minimum absolute atomic E-state index is 0.103. The van der Waals surface area contributed by atoms with E-state index in [0.717, 1.165) is 18.5 Å². The zero-order valence-corrected chi connectivity index (χ0v) is 10.7. The van der Waals surface area contributed by atoms with E-state index in [9.17, 15) is 4.57 Å². The summed E-state index contributed by atoms with van der Waals surface area (Å²) >= 11 is 0. The first kappa shape index (κ1) is 11.8. The highest BCUT2D eigenvalue weighted by molar-refractivity contribution is 7.55. The third-order valence-corrected chi connectivity index (χ3v) is 5.64. The number of hydrogen-bond acceptors (Lipinski definition) is 2. The summed E-state index contributed by atoms with van der Waals surface area (Å²) in [5.74, 6) is 0. The summed E-state index contributed by atoms with van der Waals surface area (Å²) < 4.78 is 20.2. The lowest BCUT2D eigenvalue weighted by atomic mass is 10.2. The van der Waals surface area contributed by atoms with E-state index in [1.807, 2.05) is 49.0 Å². The van der Waals surface area contributed by atoms with Crippen molar-refractivity contribution in [3.63, 3.8) is 0 Å². The topological polar surface area (TPSA) is 29.5 Å². The van der Waals surface area contributed by atoms with Crippen LogP contribution in [-0.2, 0) is 15.3 Å². The molecule has 0 saturated carbocycles. The van der Waals surface area contributed by atoms with Crippen LogP contribution in [0.25, 0.3) is 0 Å². The van der Waals surface area contributed by atoms with E-state index in [4.69, 9.17) is 4.52 Å². The summed E-state index contributed by atoms with van der Waals surface area (Å²) in [6, 6.07) is 9.89. The molecule has 1 aromatic rings. The second kappa shape index (κ2) is 4.70. The van der Waals surface area contributed by atoms with Gasteiger partial charge in [-0.25, -0.2) is 4.67 Å². The third-order valence-electron chi connectivity index (χ3n) is 2.95. The molecule has 0 aromatic heterocycles. The van der Waals surface area contributed by atoms with Crippen molar-refractivity contribution in [3.05, 3.63) is 35.9 Å². The highest BCUT2D eigenvalue weighted by Gasteiger charge is 2.35. The molecular weight excluding hydrogens is 221 g/mol. The highest BCUT2D eigenvalue weighted by Crippen LogP contribution is 2.56. The van der Waals surface area contributed by atoms with E-state index >= 15 is 0 Å². The van der Waals surface area contributed by atoms with Crippen LogP contribution in [0.4, 0.5) is 0 Å². The summed E-state index contributed by atoms with van der Waals surface area (Å²) in [7, 11) is -0.765. The van der Waals surface area contributed by atoms with Crippen molar-refractivity contribution in [3.8, 4) is 0 Å². The minimum atomic E-state index is -2.65. The number of nitrogens with zero attached hydrogens (tertiary/aromatic N) is 1. The second-order valence-corrected chi connectivity index (χ2v) is 6.85. The largest absolute Gasteiger partial charge is 0.314 e. The molecule has 0 aliphatic carbocycles. The van der Waals surface area contributed by atoms with Crippen LogP contribution < -0.4 is 0 Å². The molecule has 16 heavy (non-hydrogen) atoms. The number of benzene rings is 1. The van der Waals surface area contributed by atoms with Crippen molar-refractivity contribution in [2.24, 2.45) is 0 Å². The third kappa shape index (κ3) is 2.54. The van der Waals surface area contributed by atoms with Crippen molar-refractivity contribution in [1.29, 1.82) is 0 Å². The minimum Gasteiger partial charge on any atom is -0.314 e. The maximum atomic E-state index is 12.6. The van der Waals surface area contributed by atoms with Gasteiger partial charge in [0.15, 0.2) is 0 Å². The van der Waals surface area contributed by atoms with Gasteiger partial charge < -0.3 is 4.52 Å². The number of rotatable bonds is 2. The van der Waals surface area contributed by atoms with Gasteiger partial charge in [0.05, 0.1) is 12.3 Å². The summed E-state index contributed by atoms with van der Waals surface area (Å²) in [5.41, 5.74) is 1.08. The molecule has 1 aliphatic rings. The Bertz CT molecular complexity index is 393. The quantitative estimate of drug-likeness (QED) is 0.742. The fraction of sp³-hybridized carbons (Fsp3) is 0.500. The van der Waals surface area contributed by atoms with Gasteiger partial charge in [-0.15, -0.1) is 0 Å². The molecule has 88 valence electrons. The Kier molecular flexibility index (Phi) is 3.48. The van der Waals surface area contributed by atoms with Crippen LogP contribution in [0.15, 0.2) is 30.3 Å². The van der Waals surface area contributed by atoms with Crippen LogP contribution in [0, 0.1) is 0 Å². The van der Waals surface area contributed by atoms with Gasteiger partial charge in [-0.1, -0.05) is 30.3 Å². The van der Waals surface area contributed by atoms with Crippen LogP contribution in [0.2, 0.25) is 0 Å². The molecule has 1 saturated heterocycles. The number of hydrogen-bond donors (Lipinski definition) is 0. The normalized spacial score (nSPS) is 31.5. The maximum Gasteiger partial charge on any atom is 0.276 e. The molecule has 2 atom stereocenters. The van der Waals surface area contributed by atoms with Gasteiger partial charge in [0, 0.05) is 6.54 Å². The molecule has 1 heterocycles. The van der Waals surface area contributed by atoms with Crippen molar-refractivity contribution >= 4 is 7.52 Å². The predicted molar refractivity (Wildman–Crippen MR) is 65.5 cm³/mol. The lowest BCUT2D eigenvalue weighted by molar-refractivity contribution is 0.149. The van der Waals surface area contributed by atoms with Gasteiger partial charge in [-0.05, 0) is 26.0 Å². The Labute approximate surface area is 96.9 Å². The van der Waals surface area contributed by atoms with E-state index in [-0.39, 0.29) is 6.10 Å². The first-order valence-electron chi connectivity index (χ1n) is 5.63. The lowest BCUT2D eigenvalue weighted by Gasteiger charge is -2.35. The summed E-state index contributed by atoms with van der Waals surface area (Å²) in [6.07, 6.45) is 1.56. The Hall–Kier alpha value is -0.630. The standard InChI is InChI=1S/C12H18NO2P/c1-11-8-9-13(2)16(14,15-11)10-12-6-4-3-5-7-12/h3-7,11H,8-10H2,1-2H3/t11-,16-/m0/s1. The van der Waals surface area contributed by atoms with E-state index in [2.05, 4.69) is 0 Å². The average molecular weight is 239 g/mol. The predicted octanol–water partition coefficient (Wildman–Crippen LogP) is 3.12. The van der Waals surface area contributed by atoms with Crippen LogP contribution in [0.1, 0.15) is 18.9 Å². The van der Waals surface area contributed by atoms with Crippen LogP contribution in [0.3, 0.4) is 0 Å². The second-order valence-electron chi connectivity index (χ2n) is 4.37. The molecule has 0 spiro atoms. The molecule has 1 fully saturated rings. The molecule has 4 heteroatoms. The van der Waals surface area contributed by atoms with Crippen molar-refractivity contribution in [1.82, 2.24) is 4.67 Å². The maximum absolute atomic E-state index is 12.6. The average Bonchev–Trinajstić information content (AvgIpc) is 2.25. The first-order valence-corrected chi connectivity index (χ1v) is 7.39. The Morgan fingerprint density at radius 2 is 2.12 bits per heavy atom. The van der Waals surface area contributed by atoms with E-state index in [1.165, 1.54) is 0 Å². The summed E-state index contributed by atoms with van der Waals surface area (Å²) in [6.45, 7) is 2.84. The SMILES string of the molecule is C[C@H]1CCN(C)[P@](=O)(Cc2ccccc2)O1. The van der Waals surface area contributed by atoms with Crippen molar-refractivity contribution in [2.75, 3.05) is 13.6 Å². The van der Waals surface area contributed by atoms with Gasteiger partial charge in [0.2, 0.25) is 0 Å². The highest BCUT2D eigenvalue weighted by atomic mass is 31.2. The van der Waals surface area contributed by atoms with Gasteiger partial charge in [0.25, 0.3) is 7.52 Å². The van der Waals surface area contributed by atoms with Crippen molar-refractivity contribution < 1.29 is 9.09 Å². The first-order chi connectivity index (χ1) is 7.60. The fourth-order valence-electron chi connectivity index (χ4n) is 1.91. The van der Waals surface area contributed by atoms with E-state index in [0.29, 0.717) is 6.16 Å². The van der Waals surface area contributed by atoms with Gasteiger partial charge >= 0.3 is 0 Å². The monoisotopic (exact) mass is 239 g/mol. The lowest BCUT2D eigenvalue weighted by Crippen LogP contribution is -2.30. The molecule has 0 amide bonds. The van der Waals surface area contributed by atoms with Crippen LogP contribution in [-0.4, -0.2) is 24.4 Å². The molecule has 2 rings (SSSR count). The molecule has 0 radical (unpaired) electrons. The molecule has 1 aromatic carbocycles. The summed E-state index contributed by atoms with van der Waals surface area (Å²) in [4.78, 5) is 0. The zero-order valence-electron chi connectivity index (χ0n) is 9.80. The van der Waals surface area contributed by atoms with E-state index < -0.39 is 7.52 Å². The molecule has 0 bridgehead atoms. The van der Waals surface area contributed by atoms with Crippen LogP contribution in [0.5, 0.6) is 0 Å². The molecule has 3 nitrogen and oxygen atoms in total. The Balaban J connectivity index is 2.15. The molecular formula is C12H18NO2P. The fourth-order valence-corrected chi connectivity index (χ4v) is 4.14. The smallest absolute Gasteiger partial charge is 0.276 e. The molecule has 0 unspecified atom stereocenters. The van der Waals surface area contributed by atoms with Gasteiger partial charge in [0.1, 0.15) is 0 Å². The molecule has 0 N–H and O–H groups in total. The Morgan fingerprint density at radius 3 is 2.81 bits per heavy atom. The van der Waals surface area contributed by atoms with Crippen LogP contribution >= 0.6 is 7.52 Å². The molecule has 1 aliphatic heterocycles. The zero-order chi connectivity index (χ0) is 11.6. The Morgan fingerprint density at radius 1 is 1.44 bits per heavy atom. The van der Waals surface area contributed by atoms with E-state index in [1.54, 1.807) is 0 Å². The summed E-state index contributed by atoms with van der Waals surface area (Å²) in [5, 5.41) is 0. The van der Waals surface area contributed by atoms with Gasteiger partial charge in [-0.2, -0.15) is 0 Å².